The molecule has 0 amide bonds. The van der Waals surface area contributed by atoms with Crippen molar-refractivity contribution < 1.29 is 14.6 Å². The zero-order valence-electron chi connectivity index (χ0n) is 6.68. The lowest BCUT2D eigenvalue weighted by Crippen LogP contribution is -2.26. The van der Waals surface area contributed by atoms with E-state index in [9.17, 15) is 4.79 Å². The molecule has 3 heteroatoms. The van der Waals surface area contributed by atoms with E-state index in [1.54, 1.807) is 0 Å². The van der Waals surface area contributed by atoms with Crippen molar-refractivity contribution >= 4 is 5.97 Å². The molecular weight excluding hydrogens is 132 g/mol. The van der Waals surface area contributed by atoms with Crippen molar-refractivity contribution in [2.45, 2.75) is 39.4 Å². The molecule has 1 N–H and O–H groups in total. The topological polar surface area (TPSA) is 46.5 Å². The Kier molecular flexibility index (Phi) is 3.36. The number of aliphatic hydroxyl groups is 1. The molecule has 0 saturated carbocycles. The van der Waals surface area contributed by atoms with Crippen LogP contribution in [0.5, 0.6) is 0 Å². The van der Waals surface area contributed by atoms with Gasteiger partial charge >= 0.3 is 5.97 Å². The van der Waals surface area contributed by atoms with Gasteiger partial charge in [0.05, 0.1) is 0 Å². The first-order chi connectivity index (χ1) is 4.45. The maximum absolute atomic E-state index is 10.7. The van der Waals surface area contributed by atoms with Gasteiger partial charge in [-0.2, -0.15) is 0 Å². The summed E-state index contributed by atoms with van der Waals surface area (Å²) in [5, 5.41) is 8.97. The largest absolute Gasteiger partial charge is 0.434 e. The molecule has 0 rings (SSSR count). The quantitative estimate of drug-likeness (QED) is 0.478. The van der Waals surface area contributed by atoms with Crippen molar-refractivity contribution in [2.75, 3.05) is 0 Å². The number of rotatable bonds is 3. The fraction of sp³-hybridized carbons (Fsp3) is 0.857. The van der Waals surface area contributed by atoms with Gasteiger partial charge in [-0.1, -0.05) is 6.92 Å². The van der Waals surface area contributed by atoms with Crippen LogP contribution in [0, 0.1) is 0 Å². The average molecular weight is 146 g/mol. The van der Waals surface area contributed by atoms with Gasteiger partial charge in [0, 0.05) is 20.3 Å². The van der Waals surface area contributed by atoms with Crippen molar-refractivity contribution in [3.05, 3.63) is 0 Å². The van der Waals surface area contributed by atoms with Gasteiger partial charge in [-0.15, -0.1) is 0 Å². The normalized spacial score (nSPS) is 11.2. The summed E-state index contributed by atoms with van der Waals surface area (Å²) in [6, 6.07) is 0. The third kappa shape index (κ3) is 5.56. The second-order valence-electron chi connectivity index (χ2n) is 2.67. The van der Waals surface area contributed by atoms with Gasteiger partial charge in [0.25, 0.3) is 0 Å². The highest BCUT2D eigenvalue weighted by atomic mass is 16.7. The first kappa shape index (κ1) is 9.43. The highest BCUT2D eigenvalue weighted by molar-refractivity contribution is 5.69. The molecule has 0 spiro atoms. The highest BCUT2D eigenvalue weighted by Gasteiger charge is 2.16. The molecule has 0 bridgehead atoms. The molecule has 0 fully saturated rings. The summed E-state index contributed by atoms with van der Waals surface area (Å²) in [6.45, 7) is 4.74. The van der Waals surface area contributed by atoms with Gasteiger partial charge in [0.2, 0.25) is 5.79 Å². The van der Waals surface area contributed by atoms with Crippen LogP contribution in [0.25, 0.3) is 0 Å². The van der Waals surface area contributed by atoms with E-state index in [4.69, 9.17) is 5.11 Å². The molecule has 0 aromatic carbocycles. The Bertz CT molecular complexity index is 113. The van der Waals surface area contributed by atoms with Gasteiger partial charge in [-0.25, -0.2) is 0 Å². The van der Waals surface area contributed by atoms with E-state index in [-0.39, 0.29) is 5.97 Å². The van der Waals surface area contributed by atoms with E-state index in [1.807, 2.05) is 6.92 Å². The van der Waals surface area contributed by atoms with Crippen LogP contribution < -0.4 is 0 Å². The summed E-state index contributed by atoms with van der Waals surface area (Å²) >= 11 is 0. The first-order valence-corrected chi connectivity index (χ1v) is 3.40. The smallest absolute Gasteiger partial charge is 0.308 e. The maximum atomic E-state index is 10.7. The lowest BCUT2D eigenvalue weighted by molar-refractivity contribution is -0.194. The summed E-state index contributed by atoms with van der Waals surface area (Å²) in [5.41, 5.74) is 0. The minimum Gasteiger partial charge on any atom is -0.434 e. The number of ether oxygens (including phenoxy) is 1. The number of carbonyl (C=O) groups is 1. The molecule has 0 aliphatic rings. The zero-order chi connectivity index (χ0) is 8.20. The number of hydrogen-bond acceptors (Lipinski definition) is 3. The van der Waals surface area contributed by atoms with E-state index in [0.29, 0.717) is 6.42 Å². The van der Waals surface area contributed by atoms with Gasteiger partial charge in [0.15, 0.2) is 0 Å². The lowest BCUT2D eigenvalue weighted by atomic mass is 10.3. The van der Waals surface area contributed by atoms with Crippen LogP contribution in [0.2, 0.25) is 0 Å². The summed E-state index contributed by atoms with van der Waals surface area (Å²) in [7, 11) is 0. The molecule has 60 valence electrons. The molecule has 0 aliphatic carbocycles. The van der Waals surface area contributed by atoms with E-state index in [0.717, 1.165) is 6.42 Å². The number of hydrogen-bond donors (Lipinski definition) is 1. The monoisotopic (exact) mass is 146 g/mol. The number of carbonyl (C=O) groups excluding carboxylic acids is 1. The lowest BCUT2D eigenvalue weighted by Gasteiger charge is -2.17. The molecule has 0 radical (unpaired) electrons. The molecule has 0 unspecified atom stereocenters. The Balaban J connectivity index is 3.58. The Morgan fingerprint density at radius 3 is 2.40 bits per heavy atom. The van der Waals surface area contributed by atoms with Crippen molar-refractivity contribution in [1.29, 1.82) is 0 Å². The van der Waals surface area contributed by atoms with Gasteiger partial charge in [-0.3, -0.25) is 4.79 Å². The molecule has 0 saturated heterocycles. The van der Waals surface area contributed by atoms with Crippen LogP contribution in [-0.4, -0.2) is 16.9 Å². The molecule has 0 aliphatic heterocycles. The molecule has 0 aromatic rings. The third-order valence-corrected chi connectivity index (χ3v) is 0.818. The minimum atomic E-state index is -1.33. The molecule has 0 atom stereocenters. The minimum absolute atomic E-state index is 0.352. The van der Waals surface area contributed by atoms with Crippen molar-refractivity contribution in [1.82, 2.24) is 0 Å². The van der Waals surface area contributed by atoms with Crippen LogP contribution >= 0.6 is 0 Å². The van der Waals surface area contributed by atoms with Crippen LogP contribution in [0.1, 0.15) is 33.6 Å². The van der Waals surface area contributed by atoms with Crippen LogP contribution in [0.4, 0.5) is 0 Å². The SMILES string of the molecule is CCCC(=O)OC(C)(C)O. The molecule has 3 nitrogen and oxygen atoms in total. The van der Waals surface area contributed by atoms with Crippen LogP contribution in [0.15, 0.2) is 0 Å². The molecule has 0 aromatic heterocycles. The maximum Gasteiger partial charge on any atom is 0.308 e. The van der Waals surface area contributed by atoms with Crippen LogP contribution in [-0.2, 0) is 9.53 Å². The summed E-state index contributed by atoms with van der Waals surface area (Å²) < 4.78 is 4.59. The van der Waals surface area contributed by atoms with E-state index >= 15 is 0 Å². The summed E-state index contributed by atoms with van der Waals surface area (Å²) in [6.07, 6.45) is 1.11. The van der Waals surface area contributed by atoms with Gasteiger partial charge in [0.1, 0.15) is 0 Å². The highest BCUT2D eigenvalue weighted by Crippen LogP contribution is 2.05. The predicted molar refractivity (Wildman–Crippen MR) is 37.3 cm³/mol. The van der Waals surface area contributed by atoms with Gasteiger partial charge < -0.3 is 9.84 Å². The second kappa shape index (κ2) is 3.56. The van der Waals surface area contributed by atoms with Crippen molar-refractivity contribution in [3.8, 4) is 0 Å². The third-order valence-electron chi connectivity index (χ3n) is 0.818. The summed E-state index contributed by atoms with van der Waals surface area (Å²) in [4.78, 5) is 10.7. The Hall–Kier alpha value is -0.570. The van der Waals surface area contributed by atoms with E-state index in [2.05, 4.69) is 4.74 Å². The Morgan fingerprint density at radius 2 is 2.10 bits per heavy atom. The molecular formula is C7H14O3. The van der Waals surface area contributed by atoms with E-state index < -0.39 is 5.79 Å². The Labute approximate surface area is 61.0 Å². The van der Waals surface area contributed by atoms with Crippen molar-refractivity contribution in [3.63, 3.8) is 0 Å². The summed E-state index contributed by atoms with van der Waals surface area (Å²) in [5.74, 6) is -1.68. The first-order valence-electron chi connectivity index (χ1n) is 3.40. The van der Waals surface area contributed by atoms with Gasteiger partial charge in [-0.05, 0) is 6.42 Å². The Morgan fingerprint density at radius 1 is 1.60 bits per heavy atom. The van der Waals surface area contributed by atoms with Crippen LogP contribution in [0.3, 0.4) is 0 Å². The standard InChI is InChI=1S/C7H14O3/c1-4-5-6(8)10-7(2,3)9/h9H,4-5H2,1-3H3. The predicted octanol–water partition coefficient (Wildman–Crippen LogP) is 1.06. The van der Waals surface area contributed by atoms with Crippen molar-refractivity contribution in [2.24, 2.45) is 0 Å². The fourth-order valence-electron chi connectivity index (χ4n) is 0.534. The zero-order valence-corrected chi connectivity index (χ0v) is 6.68. The van der Waals surface area contributed by atoms with E-state index in [1.165, 1.54) is 13.8 Å². The fourth-order valence-corrected chi connectivity index (χ4v) is 0.534. The molecule has 0 heterocycles. The molecule has 10 heavy (non-hydrogen) atoms. The second-order valence-corrected chi connectivity index (χ2v) is 2.67. The average Bonchev–Trinajstić information content (AvgIpc) is 1.59. The number of esters is 1.